The van der Waals surface area contributed by atoms with E-state index in [1.54, 1.807) is 30.5 Å². The smallest absolute Gasteiger partial charge is 0.319 e. The molecule has 0 radical (unpaired) electrons. The fourth-order valence-electron chi connectivity index (χ4n) is 7.50. The number of benzene rings is 2. The van der Waals surface area contributed by atoms with Crippen LogP contribution in [0.5, 0.6) is 6.01 Å². The van der Waals surface area contributed by atoms with Gasteiger partial charge in [-0.15, -0.1) is 6.42 Å². The SMILES string of the molecule is C#Cc1c(F)ccc2cccc(-c3ncc4c(N(C)[C@@H]5C[C@@H](C)N(C)C5)nc(OC[C@@]56CCCN5C[C@H](F)C6)nc4c3F)c12. The number of fused-ring (bicyclic) bond motifs is 3. The van der Waals surface area contributed by atoms with Gasteiger partial charge in [0.05, 0.1) is 16.5 Å². The third-order valence-corrected chi connectivity index (χ3v) is 10.0. The van der Waals surface area contributed by atoms with E-state index in [9.17, 15) is 8.78 Å². The minimum Gasteiger partial charge on any atom is -0.461 e. The molecule has 5 heterocycles. The van der Waals surface area contributed by atoms with Crippen molar-refractivity contribution < 1.29 is 17.9 Å². The lowest BCUT2D eigenvalue weighted by atomic mass is 9.95. The normalized spacial score (nSPS) is 25.5. The first-order chi connectivity index (χ1) is 21.2. The second kappa shape index (κ2) is 10.9. The molecule has 2 aromatic carbocycles. The number of pyridine rings is 1. The average molecular weight is 601 g/mol. The summed E-state index contributed by atoms with van der Waals surface area (Å²) in [6, 6.07) is 8.73. The van der Waals surface area contributed by atoms with Crippen molar-refractivity contribution in [2.45, 2.75) is 56.4 Å². The molecule has 3 aliphatic rings. The summed E-state index contributed by atoms with van der Waals surface area (Å²) < 4.78 is 52.2. The summed E-state index contributed by atoms with van der Waals surface area (Å²) in [5.74, 6) is 1.71. The molecule has 0 unspecified atom stereocenters. The second-order valence-electron chi connectivity index (χ2n) is 12.6. The molecule has 10 heteroatoms. The molecule has 3 fully saturated rings. The summed E-state index contributed by atoms with van der Waals surface area (Å²) in [7, 11) is 4.03. The van der Waals surface area contributed by atoms with Gasteiger partial charge in [-0.2, -0.15) is 9.97 Å². The number of hydrogen-bond donors (Lipinski definition) is 0. The van der Waals surface area contributed by atoms with Crippen LogP contribution < -0.4 is 9.64 Å². The summed E-state index contributed by atoms with van der Waals surface area (Å²) in [6.45, 7) is 4.45. The number of nitrogens with zero attached hydrogens (tertiary/aromatic N) is 6. The molecule has 4 atom stereocenters. The van der Waals surface area contributed by atoms with Crippen LogP contribution in [0.4, 0.5) is 19.0 Å². The van der Waals surface area contributed by atoms with Crippen molar-refractivity contribution in [3.8, 4) is 29.6 Å². The largest absolute Gasteiger partial charge is 0.461 e. The Labute approximate surface area is 255 Å². The molecule has 228 valence electrons. The standard InChI is InChI=1S/C34H35F3N6O/c1-5-24-27(36)11-10-21-8-6-9-25(28(21)24)30-29(37)31-26(16-38-30)32(42(4)23-14-20(2)41(3)18-23)40-33(39-31)44-19-34-12-7-13-43(34)17-22(35)15-34/h1,6,8-11,16,20,22-23H,7,12-15,17-19H2,2-4H3/t20-,22-,23-,34+/m1/s1. The highest BCUT2D eigenvalue weighted by Gasteiger charge is 2.49. The molecule has 0 amide bonds. The van der Waals surface area contributed by atoms with E-state index in [4.69, 9.17) is 16.1 Å². The third kappa shape index (κ3) is 4.65. The van der Waals surface area contributed by atoms with E-state index in [2.05, 4.69) is 44.6 Å². The number of hydrogen-bond acceptors (Lipinski definition) is 7. The molecule has 3 aliphatic heterocycles. The van der Waals surface area contributed by atoms with Crippen molar-refractivity contribution in [1.29, 1.82) is 0 Å². The van der Waals surface area contributed by atoms with Crippen molar-refractivity contribution in [3.63, 3.8) is 0 Å². The van der Waals surface area contributed by atoms with Gasteiger partial charge in [-0.3, -0.25) is 9.88 Å². The van der Waals surface area contributed by atoms with Gasteiger partial charge in [0.25, 0.3) is 0 Å². The molecule has 0 bridgehead atoms. The summed E-state index contributed by atoms with van der Waals surface area (Å²) in [6.07, 6.45) is 9.49. The summed E-state index contributed by atoms with van der Waals surface area (Å²) >= 11 is 0. The van der Waals surface area contributed by atoms with Crippen molar-refractivity contribution in [2.24, 2.45) is 0 Å². The lowest BCUT2D eigenvalue weighted by molar-refractivity contribution is 0.107. The quantitative estimate of drug-likeness (QED) is 0.268. The van der Waals surface area contributed by atoms with Crippen molar-refractivity contribution in [1.82, 2.24) is 24.8 Å². The Kier molecular flexibility index (Phi) is 7.13. The van der Waals surface area contributed by atoms with Crippen LogP contribution in [0.2, 0.25) is 0 Å². The van der Waals surface area contributed by atoms with Crippen LogP contribution in [0, 0.1) is 24.0 Å². The highest BCUT2D eigenvalue weighted by molar-refractivity contribution is 6.02. The first-order valence-electron chi connectivity index (χ1n) is 15.2. The fourth-order valence-corrected chi connectivity index (χ4v) is 7.50. The number of terminal acetylenes is 1. The number of anilines is 1. The molecule has 3 saturated heterocycles. The second-order valence-corrected chi connectivity index (χ2v) is 12.6. The number of aromatic nitrogens is 3. The van der Waals surface area contributed by atoms with Gasteiger partial charge >= 0.3 is 6.01 Å². The first-order valence-corrected chi connectivity index (χ1v) is 15.2. The summed E-state index contributed by atoms with van der Waals surface area (Å²) in [5, 5.41) is 1.53. The van der Waals surface area contributed by atoms with Gasteiger partial charge in [-0.25, -0.2) is 13.2 Å². The molecular formula is C34H35F3N6O. The molecule has 0 spiro atoms. The zero-order valence-corrected chi connectivity index (χ0v) is 25.2. The number of likely N-dealkylation sites (tertiary alicyclic amines) is 1. The predicted molar refractivity (Wildman–Crippen MR) is 166 cm³/mol. The Morgan fingerprint density at radius 3 is 2.80 bits per heavy atom. The number of alkyl halides is 1. The molecule has 4 aromatic rings. The Morgan fingerprint density at radius 1 is 1.18 bits per heavy atom. The van der Waals surface area contributed by atoms with Gasteiger partial charge in [-0.05, 0) is 51.2 Å². The zero-order chi connectivity index (χ0) is 30.7. The van der Waals surface area contributed by atoms with Crippen molar-refractivity contribution in [2.75, 3.05) is 45.2 Å². The van der Waals surface area contributed by atoms with E-state index < -0.39 is 23.3 Å². The highest BCUT2D eigenvalue weighted by Crippen LogP contribution is 2.41. The van der Waals surface area contributed by atoms with E-state index in [1.165, 1.54) is 6.07 Å². The summed E-state index contributed by atoms with van der Waals surface area (Å²) in [4.78, 5) is 20.4. The molecule has 44 heavy (non-hydrogen) atoms. The Balaban J connectivity index is 1.36. The number of rotatable bonds is 6. The van der Waals surface area contributed by atoms with E-state index in [0.29, 0.717) is 46.5 Å². The fraction of sp³-hybridized carbons (Fsp3) is 0.441. The molecule has 0 saturated carbocycles. The van der Waals surface area contributed by atoms with E-state index in [0.717, 1.165) is 32.4 Å². The highest BCUT2D eigenvalue weighted by atomic mass is 19.1. The van der Waals surface area contributed by atoms with E-state index in [1.807, 2.05) is 7.05 Å². The maximum Gasteiger partial charge on any atom is 0.319 e. The number of halogens is 3. The Morgan fingerprint density at radius 2 is 2.02 bits per heavy atom. The van der Waals surface area contributed by atoms with Crippen LogP contribution in [-0.4, -0.2) is 88.9 Å². The van der Waals surface area contributed by atoms with Crippen LogP contribution in [0.25, 0.3) is 32.9 Å². The predicted octanol–water partition coefficient (Wildman–Crippen LogP) is 5.59. The molecular weight excluding hydrogens is 565 g/mol. The number of likely N-dealkylation sites (N-methyl/N-ethyl adjacent to an activating group) is 2. The van der Waals surface area contributed by atoms with Gasteiger partial charge in [0.2, 0.25) is 0 Å². The maximum absolute atomic E-state index is 16.7. The maximum atomic E-state index is 16.7. The Hall–Kier alpha value is -3.94. The van der Waals surface area contributed by atoms with Crippen LogP contribution >= 0.6 is 0 Å². The molecule has 0 N–H and O–H groups in total. The van der Waals surface area contributed by atoms with Gasteiger partial charge in [0, 0.05) is 55.8 Å². The van der Waals surface area contributed by atoms with E-state index >= 15 is 4.39 Å². The minimum atomic E-state index is -0.899. The van der Waals surface area contributed by atoms with Crippen LogP contribution in [0.1, 0.15) is 38.2 Å². The van der Waals surface area contributed by atoms with Crippen LogP contribution in [0.3, 0.4) is 0 Å². The minimum absolute atomic E-state index is 0.00861. The molecule has 7 nitrogen and oxygen atoms in total. The third-order valence-electron chi connectivity index (χ3n) is 10.0. The first kappa shape index (κ1) is 28.8. The lowest BCUT2D eigenvalue weighted by Gasteiger charge is -2.31. The zero-order valence-electron chi connectivity index (χ0n) is 25.2. The monoisotopic (exact) mass is 600 g/mol. The van der Waals surface area contributed by atoms with Crippen LogP contribution in [0.15, 0.2) is 36.5 Å². The molecule has 7 rings (SSSR count). The summed E-state index contributed by atoms with van der Waals surface area (Å²) in [5.41, 5.74) is 0.0708. The Bertz CT molecular complexity index is 1800. The van der Waals surface area contributed by atoms with Crippen LogP contribution in [-0.2, 0) is 0 Å². The average Bonchev–Trinajstić information content (AvgIpc) is 3.66. The van der Waals surface area contributed by atoms with Gasteiger partial charge in [0.1, 0.15) is 35.6 Å². The molecule has 0 aliphatic carbocycles. The topological polar surface area (TPSA) is 57.6 Å². The molecule has 2 aromatic heterocycles. The van der Waals surface area contributed by atoms with Gasteiger partial charge < -0.3 is 14.5 Å². The van der Waals surface area contributed by atoms with Gasteiger partial charge in [0.15, 0.2) is 5.82 Å². The number of ether oxygens (including phenoxy) is 1. The van der Waals surface area contributed by atoms with Crippen molar-refractivity contribution >= 4 is 27.5 Å². The van der Waals surface area contributed by atoms with Gasteiger partial charge in [-0.1, -0.05) is 30.2 Å². The van der Waals surface area contributed by atoms with Crippen molar-refractivity contribution in [3.05, 3.63) is 53.7 Å². The van der Waals surface area contributed by atoms with E-state index in [-0.39, 0.29) is 35.4 Å². The lowest BCUT2D eigenvalue weighted by Crippen LogP contribution is -2.43.